The summed E-state index contributed by atoms with van der Waals surface area (Å²) >= 11 is 0. The van der Waals surface area contributed by atoms with Crippen molar-refractivity contribution in [2.75, 3.05) is 7.11 Å². The molecule has 0 radical (unpaired) electrons. The van der Waals surface area contributed by atoms with Gasteiger partial charge < -0.3 is 14.6 Å². The van der Waals surface area contributed by atoms with Crippen molar-refractivity contribution in [3.8, 4) is 5.75 Å². The van der Waals surface area contributed by atoms with E-state index >= 15 is 0 Å². The van der Waals surface area contributed by atoms with E-state index in [4.69, 9.17) is 9.47 Å². The average Bonchev–Trinajstić information content (AvgIpc) is 3.05. The largest absolute Gasteiger partial charge is 0.497 e. The molecule has 1 aromatic rings. The van der Waals surface area contributed by atoms with Crippen LogP contribution in [0.1, 0.15) is 83.8 Å². The zero-order valence-electron chi connectivity index (χ0n) is 18.5. The second-order valence-electron chi connectivity index (χ2n) is 9.54. The van der Waals surface area contributed by atoms with Crippen molar-refractivity contribution >= 4 is 5.97 Å². The normalized spacial score (nSPS) is 31.0. The lowest BCUT2D eigenvalue weighted by atomic mass is 9.61. The lowest BCUT2D eigenvalue weighted by molar-refractivity contribution is -0.147. The third-order valence-electron chi connectivity index (χ3n) is 7.77. The first-order valence-electron chi connectivity index (χ1n) is 11.3. The van der Waals surface area contributed by atoms with Gasteiger partial charge in [-0.3, -0.25) is 4.79 Å². The number of ether oxygens (including phenoxy) is 2. The van der Waals surface area contributed by atoms with Crippen LogP contribution in [-0.2, 0) is 9.53 Å². The molecular formula is C25H38O4. The molecule has 3 rings (SSSR count). The van der Waals surface area contributed by atoms with Crippen LogP contribution in [0.15, 0.2) is 24.3 Å². The Hall–Kier alpha value is -1.55. The highest BCUT2D eigenvalue weighted by Gasteiger charge is 2.51. The monoisotopic (exact) mass is 402 g/mol. The van der Waals surface area contributed by atoms with E-state index in [1.165, 1.54) is 26.2 Å². The number of hydrogen-bond donors (Lipinski definition) is 1. The van der Waals surface area contributed by atoms with Crippen LogP contribution < -0.4 is 4.74 Å². The highest BCUT2D eigenvalue weighted by atomic mass is 16.5. The number of fused-ring (bicyclic) bond motifs is 1. The van der Waals surface area contributed by atoms with E-state index in [0.29, 0.717) is 23.2 Å². The molecule has 2 fully saturated rings. The molecule has 0 heterocycles. The van der Waals surface area contributed by atoms with Crippen molar-refractivity contribution in [3.05, 3.63) is 29.8 Å². The van der Waals surface area contributed by atoms with Crippen molar-refractivity contribution in [2.24, 2.45) is 23.2 Å². The van der Waals surface area contributed by atoms with Gasteiger partial charge >= 0.3 is 5.97 Å². The molecule has 0 aromatic heterocycles. The first-order chi connectivity index (χ1) is 13.8. The Labute approximate surface area is 176 Å². The van der Waals surface area contributed by atoms with Gasteiger partial charge in [-0.25, -0.2) is 0 Å². The molecule has 0 bridgehead atoms. The van der Waals surface area contributed by atoms with Gasteiger partial charge in [0.15, 0.2) is 0 Å². The number of benzene rings is 1. The molecule has 2 aliphatic carbocycles. The second kappa shape index (κ2) is 9.51. The first kappa shape index (κ1) is 22.1. The molecule has 4 heteroatoms. The van der Waals surface area contributed by atoms with Gasteiger partial charge in [0.2, 0.25) is 0 Å². The highest BCUT2D eigenvalue weighted by Crippen LogP contribution is 2.58. The minimum atomic E-state index is -0.235. The summed E-state index contributed by atoms with van der Waals surface area (Å²) in [5, 5.41) is 10.5. The van der Waals surface area contributed by atoms with Crippen molar-refractivity contribution in [1.82, 2.24) is 0 Å². The first-order valence-corrected chi connectivity index (χ1v) is 11.3. The predicted molar refractivity (Wildman–Crippen MR) is 115 cm³/mol. The topological polar surface area (TPSA) is 55.8 Å². The summed E-state index contributed by atoms with van der Waals surface area (Å²) in [4.78, 5) is 11.6. The molecule has 4 nitrogen and oxygen atoms in total. The summed E-state index contributed by atoms with van der Waals surface area (Å²) in [6.07, 6.45) is 8.51. The Morgan fingerprint density at radius 2 is 1.93 bits per heavy atom. The van der Waals surface area contributed by atoms with E-state index in [0.717, 1.165) is 43.4 Å². The van der Waals surface area contributed by atoms with Crippen molar-refractivity contribution < 1.29 is 19.4 Å². The molecule has 6 atom stereocenters. The van der Waals surface area contributed by atoms with Crippen LogP contribution in [-0.4, -0.2) is 24.3 Å². The van der Waals surface area contributed by atoms with Gasteiger partial charge in [-0.15, -0.1) is 0 Å². The number of aliphatic hydroxyl groups is 1. The van der Waals surface area contributed by atoms with Gasteiger partial charge in [0.1, 0.15) is 11.9 Å². The maximum Gasteiger partial charge on any atom is 0.303 e. The van der Waals surface area contributed by atoms with E-state index in [2.05, 4.69) is 13.8 Å². The molecule has 2 aliphatic rings. The van der Waals surface area contributed by atoms with Crippen LogP contribution in [0.2, 0.25) is 0 Å². The van der Waals surface area contributed by atoms with Gasteiger partial charge in [0.25, 0.3) is 0 Å². The minimum Gasteiger partial charge on any atom is -0.497 e. The van der Waals surface area contributed by atoms with Crippen molar-refractivity contribution in [2.45, 2.75) is 84.3 Å². The van der Waals surface area contributed by atoms with Crippen LogP contribution >= 0.6 is 0 Å². The summed E-state index contributed by atoms with van der Waals surface area (Å²) in [6.45, 7) is 6.29. The van der Waals surface area contributed by atoms with Crippen LogP contribution in [0, 0.1) is 23.2 Å². The molecule has 1 N–H and O–H groups in total. The second-order valence-corrected chi connectivity index (χ2v) is 9.54. The summed E-state index contributed by atoms with van der Waals surface area (Å²) in [5.74, 6) is 2.38. The lowest BCUT2D eigenvalue weighted by Gasteiger charge is -2.45. The van der Waals surface area contributed by atoms with Crippen LogP contribution in [0.4, 0.5) is 0 Å². The van der Waals surface area contributed by atoms with Crippen LogP contribution in [0.3, 0.4) is 0 Å². The number of carbonyl (C=O) groups excluding carboxylic acids is 1. The van der Waals surface area contributed by atoms with Gasteiger partial charge in [-0.05, 0) is 79.4 Å². The zero-order valence-corrected chi connectivity index (χ0v) is 18.5. The summed E-state index contributed by atoms with van der Waals surface area (Å²) in [6, 6.07) is 7.81. The number of methoxy groups -OCH3 is 1. The van der Waals surface area contributed by atoms with E-state index in [-0.39, 0.29) is 18.2 Å². The van der Waals surface area contributed by atoms with E-state index in [1.54, 1.807) is 7.11 Å². The number of carbonyl (C=O) groups is 1. The number of rotatable bonds is 8. The summed E-state index contributed by atoms with van der Waals surface area (Å²) in [5.41, 5.74) is 1.32. The van der Waals surface area contributed by atoms with Crippen LogP contribution in [0.5, 0.6) is 5.75 Å². The lowest BCUT2D eigenvalue weighted by Crippen LogP contribution is -2.41. The minimum absolute atomic E-state index is 0.102. The van der Waals surface area contributed by atoms with Gasteiger partial charge in [0, 0.05) is 6.92 Å². The Kier molecular flexibility index (Phi) is 7.26. The molecule has 6 unspecified atom stereocenters. The van der Waals surface area contributed by atoms with Gasteiger partial charge in [-0.2, -0.15) is 0 Å². The molecule has 0 spiro atoms. The molecule has 1 aromatic carbocycles. The van der Waals surface area contributed by atoms with Crippen molar-refractivity contribution in [3.63, 3.8) is 0 Å². The fourth-order valence-electron chi connectivity index (χ4n) is 6.26. The molecule has 29 heavy (non-hydrogen) atoms. The standard InChI is InChI=1S/C25H38O4/c1-17(21-14-15-22-23(27)8-6-16-25(21,22)3)7-5-9-24(29-18(2)26)19-10-12-20(28-4)13-11-19/h10-13,17,21-24,27H,5-9,14-16H2,1-4H3. The fourth-order valence-corrected chi connectivity index (χ4v) is 6.26. The van der Waals surface area contributed by atoms with Gasteiger partial charge in [-0.1, -0.05) is 38.8 Å². The molecular weight excluding hydrogens is 364 g/mol. The smallest absolute Gasteiger partial charge is 0.303 e. The SMILES string of the molecule is COc1ccc(C(CCCC(C)C2CCC3C(O)CCCC23C)OC(C)=O)cc1. The zero-order chi connectivity index (χ0) is 21.0. The predicted octanol–water partition coefficient (Wildman–Crippen LogP) is 5.68. The summed E-state index contributed by atoms with van der Waals surface area (Å²) in [7, 11) is 1.65. The quantitative estimate of drug-likeness (QED) is 0.568. The maximum absolute atomic E-state index is 11.6. The average molecular weight is 403 g/mol. The number of esters is 1. The van der Waals surface area contributed by atoms with Crippen LogP contribution in [0.25, 0.3) is 0 Å². The Bertz CT molecular complexity index is 670. The Balaban J connectivity index is 1.58. The molecule has 0 aliphatic heterocycles. The van der Waals surface area contributed by atoms with E-state index in [9.17, 15) is 9.90 Å². The summed E-state index contributed by atoms with van der Waals surface area (Å²) < 4.78 is 10.9. The van der Waals surface area contributed by atoms with E-state index < -0.39 is 0 Å². The highest BCUT2D eigenvalue weighted by molar-refractivity contribution is 5.66. The molecule has 0 amide bonds. The molecule has 0 saturated heterocycles. The number of aliphatic hydroxyl groups excluding tert-OH is 1. The fraction of sp³-hybridized carbons (Fsp3) is 0.720. The van der Waals surface area contributed by atoms with Crippen molar-refractivity contribution in [1.29, 1.82) is 0 Å². The molecule has 162 valence electrons. The third-order valence-corrected chi connectivity index (χ3v) is 7.77. The Morgan fingerprint density at radius 3 is 2.59 bits per heavy atom. The third kappa shape index (κ3) is 4.96. The maximum atomic E-state index is 11.6. The number of hydrogen-bond acceptors (Lipinski definition) is 4. The molecule has 2 saturated carbocycles. The Morgan fingerprint density at radius 1 is 1.21 bits per heavy atom. The van der Waals surface area contributed by atoms with E-state index in [1.807, 2.05) is 24.3 Å². The van der Waals surface area contributed by atoms with Gasteiger partial charge in [0.05, 0.1) is 13.2 Å².